The number of anilines is 1. The topological polar surface area (TPSA) is 75.9 Å². The molecule has 7 nitrogen and oxygen atoms in total. The molecule has 0 fully saturated rings. The summed E-state index contributed by atoms with van der Waals surface area (Å²) in [7, 11) is 0. The third-order valence-corrected chi connectivity index (χ3v) is 4.75. The molecule has 0 unspecified atom stereocenters. The summed E-state index contributed by atoms with van der Waals surface area (Å²) in [4.78, 5) is 19.2. The first-order valence-corrected chi connectivity index (χ1v) is 9.24. The van der Waals surface area contributed by atoms with Crippen LogP contribution >= 0.6 is 0 Å². The van der Waals surface area contributed by atoms with Crippen LogP contribution < -0.4 is 10.2 Å². The second-order valence-electron chi connectivity index (χ2n) is 6.58. The van der Waals surface area contributed by atoms with Gasteiger partial charge in [0.25, 0.3) is 5.91 Å². The van der Waals surface area contributed by atoms with Crippen molar-refractivity contribution in [2.24, 2.45) is 0 Å². The Balaban J connectivity index is 1.30. The van der Waals surface area contributed by atoms with Crippen molar-refractivity contribution >= 4 is 11.6 Å². The lowest BCUT2D eigenvalue weighted by atomic mass is 10.0. The van der Waals surface area contributed by atoms with Gasteiger partial charge in [0.15, 0.2) is 0 Å². The molecule has 1 N–H and O–H groups in total. The third kappa shape index (κ3) is 3.97. The number of rotatable bonds is 6. The Labute approximate surface area is 158 Å². The number of pyridine rings is 1. The first kappa shape index (κ1) is 17.2. The Morgan fingerprint density at radius 2 is 1.93 bits per heavy atom. The summed E-state index contributed by atoms with van der Waals surface area (Å²) in [5.41, 5.74) is 3.14. The highest BCUT2D eigenvalue weighted by molar-refractivity contribution is 5.92. The minimum atomic E-state index is -0.163. The zero-order chi connectivity index (χ0) is 18.5. The zero-order valence-corrected chi connectivity index (χ0v) is 15.1. The Hall–Kier alpha value is -3.22. The van der Waals surface area contributed by atoms with Gasteiger partial charge in [-0.15, -0.1) is 10.2 Å². The molecule has 7 heteroatoms. The van der Waals surface area contributed by atoms with Crippen LogP contribution in [0.15, 0.2) is 55.1 Å². The number of carbonyl (C=O) groups excluding carboxylic acids is 1. The number of amides is 1. The highest BCUT2D eigenvalue weighted by Crippen LogP contribution is 2.26. The Kier molecular flexibility index (Phi) is 5.09. The van der Waals surface area contributed by atoms with Crippen LogP contribution in [-0.4, -0.2) is 45.3 Å². The molecule has 0 saturated heterocycles. The standard InChI is InChI=1S/C20H22N6O/c27-20(17-8-3-10-19(24-17)26-14-22-23-15-26)21-11-5-13-25-12-4-7-16-6-1-2-9-18(16)25/h1-3,6,8-10,14-15H,4-5,7,11-13H2,(H,21,27). The van der Waals surface area contributed by atoms with Gasteiger partial charge in [-0.1, -0.05) is 24.3 Å². The maximum Gasteiger partial charge on any atom is 0.269 e. The lowest BCUT2D eigenvalue weighted by Gasteiger charge is -2.31. The second kappa shape index (κ2) is 7.99. The van der Waals surface area contributed by atoms with E-state index in [0.29, 0.717) is 18.1 Å². The van der Waals surface area contributed by atoms with Crippen molar-refractivity contribution in [3.63, 3.8) is 0 Å². The van der Waals surface area contributed by atoms with E-state index in [-0.39, 0.29) is 5.91 Å². The highest BCUT2D eigenvalue weighted by atomic mass is 16.1. The highest BCUT2D eigenvalue weighted by Gasteiger charge is 2.15. The summed E-state index contributed by atoms with van der Waals surface area (Å²) in [5, 5.41) is 10.5. The number of para-hydroxylation sites is 1. The molecule has 4 rings (SSSR count). The van der Waals surface area contributed by atoms with Crippen LogP contribution in [0.5, 0.6) is 0 Å². The van der Waals surface area contributed by atoms with E-state index in [4.69, 9.17) is 0 Å². The van der Waals surface area contributed by atoms with E-state index in [0.717, 1.165) is 25.9 Å². The molecule has 27 heavy (non-hydrogen) atoms. The normalized spacial score (nSPS) is 13.3. The fourth-order valence-corrected chi connectivity index (χ4v) is 3.42. The maximum atomic E-state index is 12.4. The number of hydrogen-bond acceptors (Lipinski definition) is 5. The molecule has 0 spiro atoms. The van der Waals surface area contributed by atoms with Crippen LogP contribution in [0.2, 0.25) is 0 Å². The molecule has 1 aromatic carbocycles. The van der Waals surface area contributed by atoms with E-state index in [2.05, 4.69) is 49.7 Å². The Morgan fingerprint density at radius 1 is 1.07 bits per heavy atom. The summed E-state index contributed by atoms with van der Waals surface area (Å²) in [5.74, 6) is 0.460. The van der Waals surface area contributed by atoms with Gasteiger partial charge in [-0.25, -0.2) is 4.98 Å². The Morgan fingerprint density at radius 3 is 2.81 bits per heavy atom. The van der Waals surface area contributed by atoms with E-state index >= 15 is 0 Å². The van der Waals surface area contributed by atoms with Gasteiger partial charge in [-0.3, -0.25) is 9.36 Å². The molecule has 1 aliphatic rings. The van der Waals surface area contributed by atoms with Crippen LogP contribution in [0.1, 0.15) is 28.9 Å². The molecule has 0 radical (unpaired) electrons. The molecule has 1 amide bonds. The van der Waals surface area contributed by atoms with Crippen molar-refractivity contribution in [2.45, 2.75) is 19.3 Å². The van der Waals surface area contributed by atoms with Crippen molar-refractivity contribution < 1.29 is 4.79 Å². The number of benzene rings is 1. The van der Waals surface area contributed by atoms with Crippen molar-refractivity contribution in [3.05, 3.63) is 66.4 Å². The maximum absolute atomic E-state index is 12.4. The summed E-state index contributed by atoms with van der Waals surface area (Å²) in [6.45, 7) is 2.63. The lowest BCUT2D eigenvalue weighted by molar-refractivity contribution is 0.0948. The molecule has 3 aromatic rings. The van der Waals surface area contributed by atoms with Gasteiger partial charge >= 0.3 is 0 Å². The van der Waals surface area contributed by atoms with Crippen molar-refractivity contribution in [1.29, 1.82) is 0 Å². The Bertz CT molecular complexity index is 908. The fourth-order valence-electron chi connectivity index (χ4n) is 3.42. The van der Waals surface area contributed by atoms with Crippen LogP contribution in [0.4, 0.5) is 5.69 Å². The van der Waals surface area contributed by atoms with E-state index in [9.17, 15) is 4.79 Å². The predicted molar refractivity (Wildman–Crippen MR) is 103 cm³/mol. The molecule has 1 aliphatic heterocycles. The van der Waals surface area contributed by atoms with Gasteiger partial charge in [0, 0.05) is 25.3 Å². The third-order valence-electron chi connectivity index (χ3n) is 4.75. The molecule has 0 aliphatic carbocycles. The average molecular weight is 362 g/mol. The van der Waals surface area contributed by atoms with E-state index < -0.39 is 0 Å². The van der Waals surface area contributed by atoms with Crippen molar-refractivity contribution in [1.82, 2.24) is 25.1 Å². The van der Waals surface area contributed by atoms with E-state index in [1.54, 1.807) is 23.3 Å². The summed E-state index contributed by atoms with van der Waals surface area (Å²) >= 11 is 0. The number of fused-ring (bicyclic) bond motifs is 1. The van der Waals surface area contributed by atoms with Gasteiger partial charge < -0.3 is 10.2 Å². The predicted octanol–water partition coefficient (Wildman–Crippen LogP) is 2.23. The average Bonchev–Trinajstić information content (AvgIpc) is 3.26. The second-order valence-corrected chi connectivity index (χ2v) is 6.58. The summed E-state index contributed by atoms with van der Waals surface area (Å²) in [6, 6.07) is 13.9. The first-order valence-electron chi connectivity index (χ1n) is 9.24. The molecular formula is C20H22N6O. The minimum Gasteiger partial charge on any atom is -0.371 e. The largest absolute Gasteiger partial charge is 0.371 e. The molecule has 2 aromatic heterocycles. The molecule has 0 bridgehead atoms. The number of aromatic nitrogens is 4. The number of aryl methyl sites for hydroxylation is 1. The van der Waals surface area contributed by atoms with E-state index in [1.807, 2.05) is 12.1 Å². The lowest BCUT2D eigenvalue weighted by Crippen LogP contribution is -2.33. The fraction of sp³-hybridized carbons (Fsp3) is 0.300. The van der Waals surface area contributed by atoms with Gasteiger partial charge in [0.05, 0.1) is 0 Å². The van der Waals surface area contributed by atoms with Gasteiger partial charge in [-0.05, 0) is 43.0 Å². The van der Waals surface area contributed by atoms with Crippen LogP contribution in [0, 0.1) is 0 Å². The molecular weight excluding hydrogens is 340 g/mol. The molecule has 0 saturated carbocycles. The quantitative estimate of drug-likeness (QED) is 0.681. The zero-order valence-electron chi connectivity index (χ0n) is 15.1. The summed E-state index contributed by atoms with van der Waals surface area (Å²) in [6.07, 6.45) is 6.34. The number of nitrogens with zero attached hydrogens (tertiary/aromatic N) is 5. The minimum absolute atomic E-state index is 0.163. The number of carbonyl (C=O) groups is 1. The smallest absolute Gasteiger partial charge is 0.269 e. The van der Waals surface area contributed by atoms with Gasteiger partial charge in [0.2, 0.25) is 0 Å². The van der Waals surface area contributed by atoms with E-state index in [1.165, 1.54) is 17.7 Å². The SMILES string of the molecule is O=C(NCCCN1CCCc2ccccc21)c1cccc(-n2cnnc2)n1. The molecule has 3 heterocycles. The first-order chi connectivity index (χ1) is 13.3. The van der Waals surface area contributed by atoms with Crippen molar-refractivity contribution in [2.75, 3.05) is 24.5 Å². The van der Waals surface area contributed by atoms with Gasteiger partial charge in [-0.2, -0.15) is 0 Å². The van der Waals surface area contributed by atoms with Crippen LogP contribution in [0.25, 0.3) is 5.82 Å². The molecule has 138 valence electrons. The summed E-state index contributed by atoms with van der Waals surface area (Å²) < 4.78 is 1.67. The number of nitrogens with one attached hydrogen (secondary N) is 1. The molecule has 0 atom stereocenters. The number of hydrogen-bond donors (Lipinski definition) is 1. The monoisotopic (exact) mass is 362 g/mol. The van der Waals surface area contributed by atoms with Crippen LogP contribution in [-0.2, 0) is 6.42 Å². The van der Waals surface area contributed by atoms with Gasteiger partial charge in [0.1, 0.15) is 24.2 Å². The van der Waals surface area contributed by atoms with Crippen molar-refractivity contribution in [3.8, 4) is 5.82 Å². The van der Waals surface area contributed by atoms with Crippen LogP contribution in [0.3, 0.4) is 0 Å².